The number of rotatable bonds is 3. The first kappa shape index (κ1) is 13.7. The molecule has 0 N–H and O–H groups in total. The lowest BCUT2D eigenvalue weighted by Crippen LogP contribution is -2.45. The second-order valence-electron chi connectivity index (χ2n) is 6.96. The average molecular weight is 305 g/mol. The van der Waals surface area contributed by atoms with Gasteiger partial charge in [-0.25, -0.2) is 4.98 Å². The maximum Gasteiger partial charge on any atom is 0.273 e. The van der Waals surface area contributed by atoms with Gasteiger partial charge in [-0.15, -0.1) is 11.3 Å². The van der Waals surface area contributed by atoms with Crippen molar-refractivity contribution >= 4 is 17.2 Å². The lowest BCUT2D eigenvalue weighted by molar-refractivity contribution is 0.0731. The molecule has 1 aliphatic carbocycles. The van der Waals surface area contributed by atoms with Gasteiger partial charge in [0.15, 0.2) is 0 Å². The summed E-state index contributed by atoms with van der Waals surface area (Å²) < 4.78 is 0. The lowest BCUT2D eigenvalue weighted by atomic mass is 9.95. The second-order valence-corrected chi connectivity index (χ2v) is 8.02. The molecule has 1 amide bonds. The first-order chi connectivity index (χ1) is 10.2. The van der Waals surface area contributed by atoms with Gasteiger partial charge in [0.2, 0.25) is 0 Å². The van der Waals surface area contributed by atoms with Gasteiger partial charge in [0.25, 0.3) is 5.91 Å². The highest BCUT2D eigenvalue weighted by Crippen LogP contribution is 2.35. The van der Waals surface area contributed by atoms with Crippen LogP contribution in [0.3, 0.4) is 0 Å². The summed E-state index contributed by atoms with van der Waals surface area (Å²) in [6.45, 7) is 6.25. The number of carbonyl (C=O) groups excluding carboxylic acids is 1. The molecule has 4 fully saturated rings. The Balaban J connectivity index is 1.49. The molecule has 3 aliphatic heterocycles. The molecule has 4 aliphatic rings. The van der Waals surface area contributed by atoms with Crippen LogP contribution >= 0.6 is 11.3 Å². The number of aromatic nitrogens is 1. The highest BCUT2D eigenvalue weighted by Gasteiger charge is 2.38. The lowest BCUT2D eigenvalue weighted by Gasteiger charge is -2.36. The zero-order chi connectivity index (χ0) is 14.4. The highest BCUT2D eigenvalue weighted by molar-refractivity contribution is 7.09. The van der Waals surface area contributed by atoms with Gasteiger partial charge in [-0.05, 0) is 44.4 Å². The minimum Gasteiger partial charge on any atom is -0.335 e. The van der Waals surface area contributed by atoms with Crippen LogP contribution in [0.4, 0.5) is 0 Å². The zero-order valence-electron chi connectivity index (χ0n) is 12.6. The molecule has 4 nitrogen and oxygen atoms in total. The number of fused-ring (bicyclic) bond motifs is 4. The SMILES string of the molecule is Cc1nc(C(=O)N2C[C@@H]3CC[C@H](C2)N(CC2CC2)C3)cs1. The van der Waals surface area contributed by atoms with Crippen molar-refractivity contribution in [3.05, 3.63) is 16.1 Å². The Morgan fingerprint density at radius 2 is 2.14 bits per heavy atom. The normalized spacial score (nSPS) is 29.7. The molecule has 21 heavy (non-hydrogen) atoms. The molecule has 0 spiro atoms. The zero-order valence-corrected chi connectivity index (χ0v) is 13.4. The van der Waals surface area contributed by atoms with Crippen LogP contribution in [-0.2, 0) is 0 Å². The third-order valence-corrected chi connectivity index (χ3v) is 5.92. The van der Waals surface area contributed by atoms with Crippen molar-refractivity contribution in [3.8, 4) is 0 Å². The van der Waals surface area contributed by atoms with Crippen molar-refractivity contribution < 1.29 is 4.79 Å². The summed E-state index contributed by atoms with van der Waals surface area (Å²) in [6, 6.07) is 0.577. The number of aryl methyl sites for hydroxylation is 1. The number of piperidine rings is 1. The van der Waals surface area contributed by atoms with E-state index in [-0.39, 0.29) is 5.91 Å². The number of thiazole rings is 1. The van der Waals surface area contributed by atoms with Crippen LogP contribution < -0.4 is 0 Å². The molecular weight excluding hydrogens is 282 g/mol. The van der Waals surface area contributed by atoms with E-state index in [4.69, 9.17) is 0 Å². The molecule has 4 heterocycles. The summed E-state index contributed by atoms with van der Waals surface area (Å²) in [7, 11) is 0. The maximum atomic E-state index is 12.7. The fourth-order valence-corrected chi connectivity index (χ4v) is 4.41. The summed E-state index contributed by atoms with van der Waals surface area (Å²) in [4.78, 5) is 21.8. The van der Waals surface area contributed by atoms with Crippen molar-refractivity contribution in [2.24, 2.45) is 11.8 Å². The van der Waals surface area contributed by atoms with Gasteiger partial charge in [-0.2, -0.15) is 0 Å². The summed E-state index contributed by atoms with van der Waals surface area (Å²) in [5.41, 5.74) is 0.646. The Morgan fingerprint density at radius 1 is 1.29 bits per heavy atom. The summed E-state index contributed by atoms with van der Waals surface area (Å²) in [6.07, 6.45) is 5.37. The van der Waals surface area contributed by atoms with Crippen molar-refractivity contribution in [2.45, 2.75) is 38.6 Å². The van der Waals surface area contributed by atoms with E-state index in [1.807, 2.05) is 12.3 Å². The quantitative estimate of drug-likeness (QED) is 0.860. The van der Waals surface area contributed by atoms with Gasteiger partial charge < -0.3 is 4.90 Å². The molecule has 2 atom stereocenters. The van der Waals surface area contributed by atoms with Crippen LogP contribution in [0.2, 0.25) is 0 Å². The topological polar surface area (TPSA) is 36.4 Å². The number of nitrogens with zero attached hydrogens (tertiary/aromatic N) is 3. The average Bonchev–Trinajstić information content (AvgIpc) is 3.24. The minimum absolute atomic E-state index is 0.143. The number of carbonyl (C=O) groups is 1. The van der Waals surface area contributed by atoms with E-state index in [9.17, 15) is 4.79 Å². The molecule has 1 aromatic rings. The number of hydrogen-bond acceptors (Lipinski definition) is 4. The fourth-order valence-electron chi connectivity index (χ4n) is 3.82. The van der Waals surface area contributed by atoms with Gasteiger partial charge in [-0.3, -0.25) is 9.69 Å². The highest BCUT2D eigenvalue weighted by atomic mass is 32.1. The monoisotopic (exact) mass is 305 g/mol. The Labute approximate surface area is 130 Å². The fraction of sp³-hybridized carbons (Fsp3) is 0.750. The summed E-state index contributed by atoms with van der Waals surface area (Å²) in [5.74, 6) is 1.74. The molecule has 5 heteroatoms. The van der Waals surface area contributed by atoms with E-state index in [0.29, 0.717) is 17.7 Å². The summed E-state index contributed by atoms with van der Waals surface area (Å²) >= 11 is 1.57. The van der Waals surface area contributed by atoms with Crippen LogP contribution in [0, 0.1) is 18.8 Å². The van der Waals surface area contributed by atoms with E-state index in [0.717, 1.165) is 24.0 Å². The molecule has 5 rings (SSSR count). The number of hydrogen-bond donors (Lipinski definition) is 0. The maximum absolute atomic E-state index is 12.7. The van der Waals surface area contributed by atoms with E-state index in [1.54, 1.807) is 11.3 Å². The van der Waals surface area contributed by atoms with Gasteiger partial charge in [0, 0.05) is 37.6 Å². The van der Waals surface area contributed by atoms with E-state index < -0.39 is 0 Å². The van der Waals surface area contributed by atoms with Crippen molar-refractivity contribution in [2.75, 3.05) is 26.2 Å². The Kier molecular flexibility index (Phi) is 3.50. The van der Waals surface area contributed by atoms with Crippen molar-refractivity contribution in [3.63, 3.8) is 0 Å². The minimum atomic E-state index is 0.143. The Hall–Kier alpha value is -0.940. The van der Waals surface area contributed by atoms with Gasteiger partial charge >= 0.3 is 0 Å². The van der Waals surface area contributed by atoms with E-state index in [1.165, 1.54) is 38.8 Å². The molecular formula is C16H23N3OS. The second kappa shape index (κ2) is 5.36. The molecule has 0 aromatic carbocycles. The smallest absolute Gasteiger partial charge is 0.273 e. The van der Waals surface area contributed by atoms with Gasteiger partial charge in [0.05, 0.1) is 5.01 Å². The third kappa shape index (κ3) is 2.86. The van der Waals surface area contributed by atoms with E-state index >= 15 is 0 Å². The van der Waals surface area contributed by atoms with Crippen molar-refractivity contribution in [1.82, 2.24) is 14.8 Å². The molecule has 0 radical (unpaired) electrons. The van der Waals surface area contributed by atoms with Crippen LogP contribution in [0.25, 0.3) is 0 Å². The standard InChI is InChI=1S/C16H23N3OS/c1-11-17-15(10-21-11)16(20)19-8-13-4-5-14(9-19)18(7-13)6-12-2-3-12/h10,12-14H,2-9H2,1H3/t13-,14-/m1/s1. The van der Waals surface area contributed by atoms with E-state index in [2.05, 4.69) is 14.8 Å². The molecule has 0 unspecified atom stereocenters. The molecule has 114 valence electrons. The largest absolute Gasteiger partial charge is 0.335 e. The Bertz CT molecular complexity index is 539. The van der Waals surface area contributed by atoms with Crippen LogP contribution in [-0.4, -0.2) is 52.9 Å². The molecule has 2 bridgehead atoms. The van der Waals surface area contributed by atoms with Crippen LogP contribution in [0.1, 0.15) is 41.2 Å². The third-order valence-electron chi connectivity index (χ3n) is 5.14. The first-order valence-corrected chi connectivity index (χ1v) is 9.02. The number of amides is 1. The predicted octanol–water partition coefficient (Wildman–Crippen LogP) is 2.40. The van der Waals surface area contributed by atoms with Gasteiger partial charge in [-0.1, -0.05) is 0 Å². The molecule has 1 saturated carbocycles. The summed E-state index contributed by atoms with van der Waals surface area (Å²) in [5, 5.41) is 2.89. The van der Waals surface area contributed by atoms with Crippen LogP contribution in [0.15, 0.2) is 5.38 Å². The van der Waals surface area contributed by atoms with Crippen LogP contribution in [0.5, 0.6) is 0 Å². The molecule has 1 aromatic heterocycles. The Morgan fingerprint density at radius 3 is 2.86 bits per heavy atom. The predicted molar refractivity (Wildman–Crippen MR) is 83.6 cm³/mol. The first-order valence-electron chi connectivity index (χ1n) is 8.14. The van der Waals surface area contributed by atoms with Gasteiger partial charge in [0.1, 0.15) is 5.69 Å². The molecule has 3 saturated heterocycles. The van der Waals surface area contributed by atoms with Crippen molar-refractivity contribution in [1.29, 1.82) is 0 Å².